The molecule has 0 saturated heterocycles. The molecule has 1 unspecified atom stereocenters. The summed E-state index contributed by atoms with van der Waals surface area (Å²) in [5, 5.41) is 9.01. The summed E-state index contributed by atoms with van der Waals surface area (Å²) in [5.74, 6) is 0.506. The predicted octanol–water partition coefficient (Wildman–Crippen LogP) is 0.932. The molecule has 0 amide bonds. The van der Waals surface area contributed by atoms with Gasteiger partial charge in [0.15, 0.2) is 0 Å². The number of hydrogen-bond acceptors (Lipinski definition) is 4. The van der Waals surface area contributed by atoms with Crippen molar-refractivity contribution in [1.29, 1.82) is 0 Å². The average Bonchev–Trinajstić information content (AvgIpc) is 2.53. The first-order chi connectivity index (χ1) is 8.01. The molecular formula is C13H25NO3. The highest BCUT2D eigenvalue weighted by Crippen LogP contribution is 2.37. The predicted molar refractivity (Wildman–Crippen MR) is 66.9 cm³/mol. The van der Waals surface area contributed by atoms with Crippen molar-refractivity contribution in [3.8, 4) is 0 Å². The molecule has 1 saturated carbocycles. The number of carbonyl (C=O) groups excluding carboxylic acids is 1. The van der Waals surface area contributed by atoms with Gasteiger partial charge in [-0.1, -0.05) is 13.8 Å². The van der Waals surface area contributed by atoms with Crippen LogP contribution in [0.2, 0.25) is 0 Å². The van der Waals surface area contributed by atoms with Crippen LogP contribution >= 0.6 is 0 Å². The molecule has 1 rings (SSSR count). The second-order valence-corrected chi connectivity index (χ2v) is 5.50. The van der Waals surface area contributed by atoms with Crippen LogP contribution in [0, 0.1) is 11.3 Å². The molecule has 0 spiro atoms. The minimum Gasteiger partial charge on any atom is -0.395 e. The highest BCUT2D eigenvalue weighted by atomic mass is 16.5. The molecule has 0 bridgehead atoms. The third-order valence-electron chi connectivity index (χ3n) is 3.66. The number of Topliss-reactive ketones (excluding diaryl/α,β-unsaturated/α-hetero) is 1. The van der Waals surface area contributed by atoms with Crippen LogP contribution in [-0.2, 0) is 9.53 Å². The Morgan fingerprint density at radius 2 is 2.18 bits per heavy atom. The largest absolute Gasteiger partial charge is 0.395 e. The topological polar surface area (TPSA) is 49.8 Å². The van der Waals surface area contributed by atoms with Crippen LogP contribution in [0.3, 0.4) is 0 Å². The third kappa shape index (κ3) is 4.05. The number of ketones is 1. The lowest BCUT2D eigenvalue weighted by Crippen LogP contribution is -2.37. The monoisotopic (exact) mass is 243 g/mol. The molecule has 0 aromatic rings. The van der Waals surface area contributed by atoms with Gasteiger partial charge in [0.05, 0.1) is 13.2 Å². The van der Waals surface area contributed by atoms with Crippen LogP contribution in [0.4, 0.5) is 0 Å². The van der Waals surface area contributed by atoms with E-state index in [1.807, 2.05) is 13.8 Å². The van der Waals surface area contributed by atoms with Gasteiger partial charge >= 0.3 is 0 Å². The van der Waals surface area contributed by atoms with Crippen molar-refractivity contribution in [3.63, 3.8) is 0 Å². The Hall–Kier alpha value is -0.450. The molecule has 1 N–H and O–H groups in total. The zero-order chi connectivity index (χ0) is 12.9. The fourth-order valence-corrected chi connectivity index (χ4v) is 2.48. The Kier molecular flexibility index (Phi) is 5.56. The smallest absolute Gasteiger partial charge is 0.142 e. The summed E-state index contributed by atoms with van der Waals surface area (Å²) in [7, 11) is 1.67. The van der Waals surface area contributed by atoms with Gasteiger partial charge in [0, 0.05) is 38.1 Å². The van der Waals surface area contributed by atoms with Gasteiger partial charge in [0.25, 0.3) is 0 Å². The molecule has 0 radical (unpaired) electrons. The Balaban J connectivity index is 2.47. The number of carbonyl (C=O) groups is 1. The zero-order valence-electron chi connectivity index (χ0n) is 11.2. The van der Waals surface area contributed by atoms with Crippen LogP contribution in [0.15, 0.2) is 0 Å². The molecular weight excluding hydrogens is 218 g/mol. The summed E-state index contributed by atoms with van der Waals surface area (Å²) >= 11 is 0. The van der Waals surface area contributed by atoms with Crippen molar-refractivity contribution in [3.05, 3.63) is 0 Å². The highest BCUT2D eigenvalue weighted by molar-refractivity contribution is 5.88. The van der Waals surface area contributed by atoms with E-state index in [9.17, 15) is 4.79 Å². The summed E-state index contributed by atoms with van der Waals surface area (Å²) in [4.78, 5) is 14.2. The van der Waals surface area contributed by atoms with Gasteiger partial charge in [-0.05, 0) is 12.8 Å². The summed E-state index contributed by atoms with van der Waals surface area (Å²) in [6, 6.07) is 0. The quantitative estimate of drug-likeness (QED) is 0.723. The van der Waals surface area contributed by atoms with Gasteiger partial charge in [0.1, 0.15) is 5.78 Å². The number of nitrogens with zero attached hydrogens (tertiary/aromatic N) is 1. The van der Waals surface area contributed by atoms with E-state index in [1.54, 1.807) is 7.11 Å². The van der Waals surface area contributed by atoms with Crippen LogP contribution in [0.5, 0.6) is 0 Å². The highest BCUT2D eigenvalue weighted by Gasteiger charge is 2.40. The first-order valence-corrected chi connectivity index (χ1v) is 6.37. The number of methoxy groups -OCH3 is 1. The number of aliphatic hydroxyl groups excluding tert-OH is 1. The van der Waals surface area contributed by atoms with Crippen molar-refractivity contribution < 1.29 is 14.6 Å². The van der Waals surface area contributed by atoms with Crippen molar-refractivity contribution in [2.45, 2.75) is 26.7 Å². The maximum atomic E-state index is 12.1. The number of hydrogen-bond donors (Lipinski definition) is 1. The molecule has 0 aromatic heterocycles. The standard InChI is InChI=1S/C13H25NO3/c1-13(2)5-4-11(12(13)16)10-14(6-8-15)7-9-17-3/h11,15H,4-10H2,1-3H3. The van der Waals surface area contributed by atoms with Crippen molar-refractivity contribution in [2.75, 3.05) is 40.0 Å². The van der Waals surface area contributed by atoms with Crippen LogP contribution in [0.25, 0.3) is 0 Å². The first kappa shape index (κ1) is 14.6. The lowest BCUT2D eigenvalue weighted by molar-refractivity contribution is -0.128. The Bertz CT molecular complexity index is 253. The zero-order valence-corrected chi connectivity index (χ0v) is 11.2. The molecule has 1 aliphatic rings. The maximum Gasteiger partial charge on any atom is 0.142 e. The molecule has 0 aromatic carbocycles. The molecule has 100 valence electrons. The molecule has 1 atom stereocenters. The number of rotatable bonds is 7. The molecule has 1 aliphatic carbocycles. The van der Waals surface area contributed by atoms with Gasteiger partial charge in [-0.25, -0.2) is 0 Å². The second kappa shape index (κ2) is 6.47. The fourth-order valence-electron chi connectivity index (χ4n) is 2.48. The van der Waals surface area contributed by atoms with E-state index in [0.717, 1.165) is 25.9 Å². The van der Waals surface area contributed by atoms with E-state index < -0.39 is 0 Å². The van der Waals surface area contributed by atoms with E-state index >= 15 is 0 Å². The van der Waals surface area contributed by atoms with E-state index in [1.165, 1.54) is 0 Å². The van der Waals surface area contributed by atoms with E-state index in [-0.39, 0.29) is 17.9 Å². The Morgan fingerprint density at radius 3 is 2.65 bits per heavy atom. The molecule has 1 fully saturated rings. The molecule has 4 nitrogen and oxygen atoms in total. The average molecular weight is 243 g/mol. The van der Waals surface area contributed by atoms with Crippen molar-refractivity contribution >= 4 is 5.78 Å². The van der Waals surface area contributed by atoms with E-state index in [0.29, 0.717) is 18.9 Å². The van der Waals surface area contributed by atoms with E-state index in [2.05, 4.69) is 4.90 Å². The number of ether oxygens (including phenoxy) is 1. The van der Waals surface area contributed by atoms with Gasteiger partial charge in [0.2, 0.25) is 0 Å². The molecule has 0 aliphatic heterocycles. The third-order valence-corrected chi connectivity index (χ3v) is 3.66. The Labute approximate surface area is 104 Å². The van der Waals surface area contributed by atoms with Crippen molar-refractivity contribution in [1.82, 2.24) is 4.90 Å². The minimum atomic E-state index is -0.156. The molecule has 0 heterocycles. The Morgan fingerprint density at radius 1 is 1.47 bits per heavy atom. The molecule has 4 heteroatoms. The van der Waals surface area contributed by atoms with Crippen LogP contribution in [-0.4, -0.2) is 55.7 Å². The molecule has 17 heavy (non-hydrogen) atoms. The fraction of sp³-hybridized carbons (Fsp3) is 0.923. The SMILES string of the molecule is COCCN(CCO)CC1CCC(C)(C)C1=O. The summed E-state index contributed by atoms with van der Waals surface area (Å²) < 4.78 is 5.04. The summed E-state index contributed by atoms with van der Waals surface area (Å²) in [6.07, 6.45) is 1.95. The van der Waals surface area contributed by atoms with Gasteiger partial charge in [-0.3, -0.25) is 9.69 Å². The van der Waals surface area contributed by atoms with E-state index in [4.69, 9.17) is 9.84 Å². The summed E-state index contributed by atoms with van der Waals surface area (Å²) in [6.45, 7) is 6.99. The minimum absolute atomic E-state index is 0.133. The van der Waals surface area contributed by atoms with Gasteiger partial charge in [-0.2, -0.15) is 0 Å². The van der Waals surface area contributed by atoms with Gasteiger partial charge in [-0.15, -0.1) is 0 Å². The maximum absolute atomic E-state index is 12.1. The lowest BCUT2D eigenvalue weighted by atomic mass is 9.89. The first-order valence-electron chi connectivity index (χ1n) is 6.37. The lowest BCUT2D eigenvalue weighted by Gasteiger charge is -2.24. The normalized spacial score (nSPS) is 23.6. The van der Waals surface area contributed by atoms with Crippen LogP contribution in [0.1, 0.15) is 26.7 Å². The van der Waals surface area contributed by atoms with Crippen molar-refractivity contribution in [2.24, 2.45) is 11.3 Å². The van der Waals surface area contributed by atoms with Gasteiger partial charge < -0.3 is 9.84 Å². The number of aliphatic hydroxyl groups is 1. The second-order valence-electron chi connectivity index (χ2n) is 5.50. The summed E-state index contributed by atoms with van der Waals surface area (Å²) in [5.41, 5.74) is -0.156. The van der Waals surface area contributed by atoms with Crippen LogP contribution < -0.4 is 0 Å².